The Labute approximate surface area is 140 Å². The van der Waals surface area contributed by atoms with Crippen molar-refractivity contribution < 1.29 is 17.9 Å². The monoisotopic (exact) mass is 347 g/mol. The van der Waals surface area contributed by atoms with E-state index in [1.807, 2.05) is 19.1 Å². The number of carbonyl (C=O) groups excluding carboxylic acids is 1. The van der Waals surface area contributed by atoms with Crippen LogP contribution in [0.1, 0.15) is 6.92 Å². The van der Waals surface area contributed by atoms with Crippen molar-refractivity contribution in [2.45, 2.75) is 6.92 Å². The molecule has 8 heteroatoms. The molecule has 126 valence electrons. The van der Waals surface area contributed by atoms with Gasteiger partial charge in [0.2, 0.25) is 0 Å². The first kappa shape index (κ1) is 16.3. The Kier molecular flexibility index (Phi) is 4.39. The molecule has 0 fully saturated rings. The van der Waals surface area contributed by atoms with Gasteiger partial charge in [0.1, 0.15) is 11.6 Å². The summed E-state index contributed by atoms with van der Waals surface area (Å²) in [6.07, 6.45) is 4.68. The number of anilines is 1. The average Bonchev–Trinajstić information content (AvgIpc) is 2.55. The van der Waals surface area contributed by atoms with Crippen LogP contribution < -0.4 is 10.1 Å². The Bertz CT molecular complexity index is 856. The van der Waals surface area contributed by atoms with Gasteiger partial charge in [0.15, 0.2) is 0 Å². The number of benzene rings is 1. The topological polar surface area (TPSA) is 88.1 Å². The predicted molar refractivity (Wildman–Crippen MR) is 91.4 cm³/mol. The SMILES string of the molecule is CCOc1ccccc1NC(=O)C1=CN2CCS(=O)(=O)N=C2C=C1. The summed E-state index contributed by atoms with van der Waals surface area (Å²) in [4.78, 5) is 14.1. The van der Waals surface area contributed by atoms with Crippen LogP contribution in [0.5, 0.6) is 5.75 Å². The second kappa shape index (κ2) is 6.48. The zero-order chi connectivity index (χ0) is 17.2. The van der Waals surface area contributed by atoms with Crippen LogP contribution in [-0.4, -0.2) is 44.0 Å². The van der Waals surface area contributed by atoms with E-state index in [0.717, 1.165) is 0 Å². The van der Waals surface area contributed by atoms with Crippen molar-refractivity contribution in [2.75, 3.05) is 24.2 Å². The molecule has 0 unspecified atom stereocenters. The van der Waals surface area contributed by atoms with E-state index in [0.29, 0.717) is 29.5 Å². The Balaban J connectivity index is 1.78. The van der Waals surface area contributed by atoms with E-state index in [-0.39, 0.29) is 18.2 Å². The van der Waals surface area contributed by atoms with Crippen LogP contribution in [0, 0.1) is 0 Å². The Morgan fingerprint density at radius 3 is 2.92 bits per heavy atom. The fourth-order valence-electron chi connectivity index (χ4n) is 2.38. The minimum Gasteiger partial charge on any atom is -0.492 e. The zero-order valence-electron chi connectivity index (χ0n) is 13.1. The van der Waals surface area contributed by atoms with Crippen LogP contribution in [0.2, 0.25) is 0 Å². The molecular formula is C16H17N3O4S. The molecule has 0 saturated heterocycles. The van der Waals surface area contributed by atoms with Crippen molar-refractivity contribution in [3.63, 3.8) is 0 Å². The maximum atomic E-state index is 12.5. The smallest absolute Gasteiger partial charge is 0.257 e. The summed E-state index contributed by atoms with van der Waals surface area (Å²) in [6.45, 7) is 2.64. The molecule has 0 bridgehead atoms. The van der Waals surface area contributed by atoms with Crippen molar-refractivity contribution in [1.29, 1.82) is 0 Å². The highest BCUT2D eigenvalue weighted by Gasteiger charge is 2.25. The first-order valence-electron chi connectivity index (χ1n) is 7.51. The van der Waals surface area contributed by atoms with Gasteiger partial charge < -0.3 is 15.0 Å². The van der Waals surface area contributed by atoms with E-state index in [4.69, 9.17) is 4.74 Å². The molecule has 2 aliphatic rings. The van der Waals surface area contributed by atoms with Crippen molar-refractivity contribution in [3.05, 3.63) is 48.2 Å². The molecule has 0 saturated carbocycles. The van der Waals surface area contributed by atoms with Gasteiger partial charge in [-0.15, -0.1) is 4.40 Å². The Hall–Kier alpha value is -2.61. The molecule has 0 atom stereocenters. The number of hydrogen-bond donors (Lipinski definition) is 1. The number of sulfonamides is 1. The summed E-state index contributed by atoms with van der Waals surface area (Å²) < 4.78 is 32.2. The van der Waals surface area contributed by atoms with E-state index in [9.17, 15) is 13.2 Å². The summed E-state index contributed by atoms with van der Waals surface area (Å²) in [6, 6.07) is 7.18. The van der Waals surface area contributed by atoms with E-state index in [1.165, 1.54) is 6.08 Å². The maximum Gasteiger partial charge on any atom is 0.257 e. The first-order chi connectivity index (χ1) is 11.5. The lowest BCUT2D eigenvalue weighted by atomic mass is 10.1. The molecule has 0 aliphatic carbocycles. The van der Waals surface area contributed by atoms with Gasteiger partial charge >= 0.3 is 0 Å². The Morgan fingerprint density at radius 2 is 2.12 bits per heavy atom. The van der Waals surface area contributed by atoms with Gasteiger partial charge in [-0.1, -0.05) is 12.1 Å². The predicted octanol–water partition coefficient (Wildman–Crippen LogP) is 1.52. The number of para-hydroxylation sites is 2. The van der Waals surface area contributed by atoms with E-state index in [2.05, 4.69) is 9.71 Å². The van der Waals surface area contributed by atoms with Crippen LogP contribution in [0.4, 0.5) is 5.69 Å². The third-order valence-electron chi connectivity index (χ3n) is 3.52. The minimum atomic E-state index is -3.40. The lowest BCUT2D eigenvalue weighted by Gasteiger charge is -2.27. The summed E-state index contributed by atoms with van der Waals surface area (Å²) in [5.74, 6) is 0.557. The van der Waals surface area contributed by atoms with Gasteiger partial charge in [-0.3, -0.25) is 4.79 Å². The number of hydrogen-bond acceptors (Lipinski definition) is 5. The Morgan fingerprint density at radius 1 is 1.33 bits per heavy atom. The molecule has 1 aromatic rings. The lowest BCUT2D eigenvalue weighted by Crippen LogP contribution is -2.37. The van der Waals surface area contributed by atoms with Crippen LogP contribution >= 0.6 is 0 Å². The van der Waals surface area contributed by atoms with Crippen molar-refractivity contribution in [3.8, 4) is 5.75 Å². The summed E-state index contributed by atoms with van der Waals surface area (Å²) in [7, 11) is -3.40. The quantitative estimate of drug-likeness (QED) is 0.892. The number of nitrogens with zero attached hydrogens (tertiary/aromatic N) is 2. The van der Waals surface area contributed by atoms with Crippen molar-refractivity contribution >= 4 is 27.5 Å². The van der Waals surface area contributed by atoms with Gasteiger partial charge in [0.25, 0.3) is 15.9 Å². The molecule has 2 heterocycles. The number of amides is 1. The second-order valence-corrected chi connectivity index (χ2v) is 6.98. The van der Waals surface area contributed by atoms with Crippen LogP contribution in [0.3, 0.4) is 0 Å². The summed E-state index contributed by atoms with van der Waals surface area (Å²) in [5.41, 5.74) is 0.999. The molecule has 0 aromatic heterocycles. The standard InChI is InChI=1S/C16H17N3O4S/c1-2-23-14-6-4-3-5-13(14)17-16(20)12-7-8-15-18-24(21,22)10-9-19(15)11-12/h3-8,11H,2,9-10H2,1H3,(H,17,20). The highest BCUT2D eigenvalue weighted by molar-refractivity contribution is 7.90. The van der Waals surface area contributed by atoms with E-state index >= 15 is 0 Å². The van der Waals surface area contributed by atoms with Gasteiger partial charge in [-0.2, -0.15) is 0 Å². The molecule has 2 aliphatic heterocycles. The maximum absolute atomic E-state index is 12.5. The molecule has 7 nitrogen and oxygen atoms in total. The normalized spacial score (nSPS) is 18.3. The fourth-order valence-corrected chi connectivity index (χ4v) is 3.35. The van der Waals surface area contributed by atoms with Gasteiger partial charge in [-0.25, -0.2) is 8.42 Å². The number of carbonyl (C=O) groups is 1. The fraction of sp³-hybridized carbons (Fsp3) is 0.250. The molecule has 1 amide bonds. The number of amidine groups is 1. The molecule has 3 rings (SSSR count). The highest BCUT2D eigenvalue weighted by Crippen LogP contribution is 2.25. The van der Waals surface area contributed by atoms with Crippen LogP contribution in [0.25, 0.3) is 0 Å². The van der Waals surface area contributed by atoms with Crippen LogP contribution in [0.15, 0.2) is 52.6 Å². The second-order valence-electron chi connectivity index (χ2n) is 5.23. The van der Waals surface area contributed by atoms with Crippen molar-refractivity contribution in [1.82, 2.24) is 4.90 Å². The molecule has 24 heavy (non-hydrogen) atoms. The number of fused-ring (bicyclic) bond motifs is 1. The van der Waals surface area contributed by atoms with Gasteiger partial charge in [0, 0.05) is 12.7 Å². The molecular weight excluding hydrogens is 330 g/mol. The summed E-state index contributed by atoms with van der Waals surface area (Å²) in [5, 5.41) is 2.81. The average molecular weight is 347 g/mol. The number of rotatable bonds is 4. The van der Waals surface area contributed by atoms with Crippen LogP contribution in [-0.2, 0) is 14.8 Å². The molecule has 1 aromatic carbocycles. The zero-order valence-corrected chi connectivity index (χ0v) is 13.9. The van der Waals surface area contributed by atoms with Gasteiger partial charge in [-0.05, 0) is 31.2 Å². The van der Waals surface area contributed by atoms with Gasteiger partial charge in [0.05, 0.1) is 23.6 Å². The largest absolute Gasteiger partial charge is 0.492 e. The molecule has 0 radical (unpaired) electrons. The first-order valence-corrected chi connectivity index (χ1v) is 9.12. The minimum absolute atomic E-state index is 0.0666. The molecule has 0 spiro atoms. The number of ether oxygens (including phenoxy) is 1. The molecule has 1 N–H and O–H groups in total. The lowest BCUT2D eigenvalue weighted by molar-refractivity contribution is -0.112. The third-order valence-corrected chi connectivity index (χ3v) is 4.68. The highest BCUT2D eigenvalue weighted by atomic mass is 32.2. The number of nitrogens with one attached hydrogen (secondary N) is 1. The van der Waals surface area contributed by atoms with E-state index < -0.39 is 10.0 Å². The van der Waals surface area contributed by atoms with Crippen molar-refractivity contribution in [2.24, 2.45) is 4.40 Å². The summed E-state index contributed by atoms with van der Waals surface area (Å²) >= 11 is 0. The van der Waals surface area contributed by atoms with E-state index in [1.54, 1.807) is 29.3 Å². The third kappa shape index (κ3) is 3.48.